The zero-order chi connectivity index (χ0) is 4.28. The van der Waals surface area contributed by atoms with Crippen LogP contribution in [0.2, 0.25) is 0 Å². The molecule has 0 unspecified atom stereocenters. The third kappa shape index (κ3) is 4.19. The molecule has 0 spiro atoms. The van der Waals surface area contributed by atoms with Crippen LogP contribution in [0.4, 0.5) is 4.79 Å². The first-order chi connectivity index (χ1) is 2.27. The molecule has 0 amide bonds. The van der Waals surface area contributed by atoms with E-state index >= 15 is 0 Å². The summed E-state index contributed by atoms with van der Waals surface area (Å²) in [5.74, 6) is 0. The van der Waals surface area contributed by atoms with E-state index < -0.39 is 6.16 Å². The summed E-state index contributed by atoms with van der Waals surface area (Å²) in [5, 5.41) is 7.54. The Morgan fingerprint density at radius 1 is 2.00 bits per heavy atom. The Morgan fingerprint density at radius 3 is 2.20 bits per heavy atom. The molecule has 0 atom stereocenters. The molecule has 0 heterocycles. The summed E-state index contributed by atoms with van der Waals surface area (Å²) in [4.78, 5) is 9.19. The van der Waals surface area contributed by atoms with Crippen molar-refractivity contribution in [2.45, 2.75) is 0 Å². The van der Waals surface area contributed by atoms with Gasteiger partial charge in [0.05, 0.1) is 0 Å². The van der Waals surface area contributed by atoms with Gasteiger partial charge >= 0.3 is 45.0 Å². The number of hydrogen-bond donors (Lipinski definition) is 1. The van der Waals surface area contributed by atoms with E-state index in [0.29, 0.717) is 0 Å². The quantitative estimate of drug-likeness (QED) is 0.603. The van der Waals surface area contributed by atoms with Gasteiger partial charge in [0, 0.05) is 0 Å². The predicted molar refractivity (Wildman–Crippen MR) is 16.3 cm³/mol. The molecule has 0 rings (SSSR count). The first-order valence-electron chi connectivity index (χ1n) is 0.868. The first kappa shape index (κ1) is 5.19. The number of rotatable bonds is 0. The molecule has 1 N–H and O–H groups in total. The fraction of sp³-hybridized carbons (Fsp3) is 0. The number of carbonyl (C=O) groups is 1. The van der Waals surface area contributed by atoms with E-state index in [2.05, 4.69) is 2.69 Å². The van der Waals surface area contributed by atoms with E-state index in [1.54, 1.807) is 0 Å². The zero-order valence-corrected chi connectivity index (χ0v) is 6.83. The van der Waals surface area contributed by atoms with Crippen molar-refractivity contribution >= 4 is 32.4 Å². The van der Waals surface area contributed by atoms with Gasteiger partial charge in [-0.3, -0.25) is 0 Å². The van der Waals surface area contributed by atoms with Crippen LogP contribution in [0.25, 0.3) is 0 Å². The molecule has 0 aliphatic carbocycles. The van der Waals surface area contributed by atoms with Crippen LogP contribution in [0.1, 0.15) is 0 Å². The molecule has 0 saturated heterocycles. The molecule has 0 bridgehead atoms. The maximum atomic E-state index is 9.19. The van der Waals surface area contributed by atoms with Crippen LogP contribution < -0.4 is 0 Å². The summed E-state index contributed by atoms with van der Waals surface area (Å²) in [7, 11) is 0. The fourth-order valence-electron chi connectivity index (χ4n) is 0. The van der Waals surface area contributed by atoms with Gasteiger partial charge in [-0.15, -0.1) is 0 Å². The Balaban J connectivity index is 2.85. The average molecular weight is 269 g/mol. The summed E-state index contributed by atoms with van der Waals surface area (Å²) < 4.78 is 3.83. The molecule has 0 saturated carbocycles. The second-order valence-electron chi connectivity index (χ2n) is 0.384. The van der Waals surface area contributed by atoms with Gasteiger partial charge in [0.1, 0.15) is 0 Å². The molecule has 4 heteroatoms. The molecule has 2 radical (unpaired) electrons. The summed E-state index contributed by atoms with van der Waals surface area (Å²) in [6, 6.07) is 0. The van der Waals surface area contributed by atoms with Crippen LogP contribution in [0.15, 0.2) is 0 Å². The summed E-state index contributed by atoms with van der Waals surface area (Å²) >= 11 is 0.109. The van der Waals surface area contributed by atoms with E-state index in [4.69, 9.17) is 5.11 Å². The molecule has 0 aliphatic rings. The van der Waals surface area contributed by atoms with Crippen molar-refractivity contribution in [3.05, 3.63) is 0 Å². The van der Waals surface area contributed by atoms with Gasteiger partial charge in [-0.05, 0) is 0 Å². The van der Waals surface area contributed by atoms with Crippen molar-refractivity contribution < 1.29 is 12.6 Å². The molecule has 0 aromatic heterocycles. The summed E-state index contributed by atoms with van der Waals surface area (Å²) in [6.07, 6.45) is -1.17. The van der Waals surface area contributed by atoms with E-state index in [1.165, 1.54) is 0 Å². The molecule has 0 aliphatic heterocycles. The van der Waals surface area contributed by atoms with Crippen LogP contribution in [0.3, 0.4) is 0 Å². The minimum absolute atomic E-state index is 0.109. The van der Waals surface area contributed by atoms with E-state index in [1.807, 2.05) is 0 Å². The van der Waals surface area contributed by atoms with Crippen molar-refractivity contribution in [3.8, 4) is 0 Å². The number of carboxylic acid groups (broad SMARTS) is 1. The van der Waals surface area contributed by atoms with E-state index in [9.17, 15) is 4.79 Å². The van der Waals surface area contributed by atoms with Crippen LogP contribution >= 0.6 is 0 Å². The molecule has 28 valence electrons. The minimum atomic E-state index is -1.17. The Labute approximate surface area is 45.3 Å². The van der Waals surface area contributed by atoms with E-state index in [0.717, 1.165) is 0 Å². The second kappa shape index (κ2) is 2.43. The first-order valence-corrected chi connectivity index (χ1v) is 2.70. The Hall–Kier alpha value is 0.192. The van der Waals surface area contributed by atoms with Crippen molar-refractivity contribution in [1.29, 1.82) is 0 Å². The monoisotopic (exact) mass is 270 g/mol. The molecular weight excluding hydrogens is 267 g/mol. The molecule has 3 nitrogen and oxygen atoms in total. The Bertz CT molecular complexity index is 42.2. The average Bonchev–Trinajstić information content (AvgIpc) is 1.38. The summed E-state index contributed by atoms with van der Waals surface area (Å²) in [5.41, 5.74) is 0. The van der Waals surface area contributed by atoms with Gasteiger partial charge in [-0.25, -0.2) is 0 Å². The third-order valence-electron chi connectivity index (χ3n) is 0.101. The van der Waals surface area contributed by atoms with Gasteiger partial charge in [-0.1, -0.05) is 0 Å². The second-order valence-corrected chi connectivity index (χ2v) is 1.30. The van der Waals surface area contributed by atoms with Crippen molar-refractivity contribution in [1.82, 2.24) is 0 Å². The van der Waals surface area contributed by atoms with Crippen molar-refractivity contribution in [3.63, 3.8) is 0 Å². The van der Waals surface area contributed by atoms with Crippen molar-refractivity contribution in [2.24, 2.45) is 0 Å². The SMILES string of the molecule is O=C(O)[O][PbH]. The van der Waals surface area contributed by atoms with E-state index in [-0.39, 0.29) is 26.2 Å². The van der Waals surface area contributed by atoms with Crippen LogP contribution in [-0.2, 0) is 2.69 Å². The normalized spacial score (nSPS) is 6.60. The van der Waals surface area contributed by atoms with Gasteiger partial charge in [0.2, 0.25) is 0 Å². The molecule has 0 aromatic rings. The zero-order valence-electron chi connectivity index (χ0n) is 2.34. The number of hydrogen-bond acceptors (Lipinski definition) is 2. The van der Waals surface area contributed by atoms with Crippen LogP contribution in [0, 0.1) is 0 Å². The predicted octanol–water partition coefficient (Wildman–Crippen LogP) is -0.503. The third-order valence-corrected chi connectivity index (χ3v) is 0.885. The Morgan fingerprint density at radius 2 is 2.20 bits per heavy atom. The van der Waals surface area contributed by atoms with Crippen LogP contribution in [-0.4, -0.2) is 37.5 Å². The van der Waals surface area contributed by atoms with Gasteiger partial charge in [0.25, 0.3) is 0 Å². The fourth-order valence-corrected chi connectivity index (χ4v) is 0. The Kier molecular flexibility index (Phi) is 2.52. The molecule has 0 aromatic carbocycles. The standard InChI is InChI=1S/CH2O3.Pb.H/c2-1(3)4;;/h(H2,2,3,4);;/q;+1;/p-1. The van der Waals surface area contributed by atoms with Gasteiger partial charge in [-0.2, -0.15) is 0 Å². The molecular formula is CH2O3Pb. The van der Waals surface area contributed by atoms with Crippen LogP contribution in [0.5, 0.6) is 0 Å². The summed E-state index contributed by atoms with van der Waals surface area (Å²) in [6.45, 7) is 0. The van der Waals surface area contributed by atoms with Crippen molar-refractivity contribution in [2.75, 3.05) is 0 Å². The van der Waals surface area contributed by atoms with Gasteiger partial charge < -0.3 is 0 Å². The maximum absolute atomic E-state index is 9.19. The molecule has 0 fully saturated rings. The van der Waals surface area contributed by atoms with Gasteiger partial charge in [0.15, 0.2) is 0 Å². The topological polar surface area (TPSA) is 46.5 Å². The molecule has 5 heavy (non-hydrogen) atoms.